The van der Waals surface area contributed by atoms with Gasteiger partial charge in [0.15, 0.2) is 0 Å². The molecule has 1 heterocycles. The number of aryl methyl sites for hydroxylation is 1. The first-order chi connectivity index (χ1) is 14.1. The van der Waals surface area contributed by atoms with Gasteiger partial charge in [0, 0.05) is 11.8 Å². The summed E-state index contributed by atoms with van der Waals surface area (Å²) in [6, 6.07) is 18.5. The Kier molecular flexibility index (Phi) is 4.87. The topological polar surface area (TPSA) is 78.3 Å². The van der Waals surface area contributed by atoms with Crippen molar-refractivity contribution in [3.8, 4) is 17.2 Å². The smallest absolute Gasteiger partial charge is 0.259 e. The average molecular weight is 388 g/mol. The van der Waals surface area contributed by atoms with Gasteiger partial charge < -0.3 is 14.8 Å². The summed E-state index contributed by atoms with van der Waals surface area (Å²) in [7, 11) is 3.08. The van der Waals surface area contributed by atoms with Gasteiger partial charge in [0.25, 0.3) is 5.91 Å². The highest BCUT2D eigenvalue weighted by molar-refractivity contribution is 6.07. The van der Waals surface area contributed by atoms with Crippen LogP contribution in [0.5, 0.6) is 11.5 Å². The Morgan fingerprint density at radius 1 is 0.931 bits per heavy atom. The fourth-order valence-corrected chi connectivity index (χ4v) is 3.06. The lowest BCUT2D eigenvalue weighted by Gasteiger charge is -2.12. The van der Waals surface area contributed by atoms with E-state index < -0.39 is 0 Å². The van der Waals surface area contributed by atoms with Crippen LogP contribution in [0.15, 0.2) is 60.7 Å². The number of aromatic nitrogens is 3. The summed E-state index contributed by atoms with van der Waals surface area (Å²) in [4.78, 5) is 14.4. The van der Waals surface area contributed by atoms with Gasteiger partial charge in [-0.15, -0.1) is 10.2 Å². The van der Waals surface area contributed by atoms with Crippen LogP contribution >= 0.6 is 0 Å². The van der Waals surface area contributed by atoms with Crippen LogP contribution in [0.3, 0.4) is 0 Å². The number of hydrogen-bond donors (Lipinski definition) is 1. The zero-order chi connectivity index (χ0) is 20.4. The van der Waals surface area contributed by atoms with Crippen molar-refractivity contribution in [3.63, 3.8) is 0 Å². The first-order valence-electron chi connectivity index (χ1n) is 9.05. The lowest BCUT2D eigenvalue weighted by Crippen LogP contribution is -2.14. The van der Waals surface area contributed by atoms with Gasteiger partial charge in [-0.25, -0.2) is 0 Å². The highest BCUT2D eigenvalue weighted by Gasteiger charge is 2.16. The lowest BCUT2D eigenvalue weighted by atomic mass is 10.1. The maximum atomic E-state index is 12.8. The second-order valence-corrected chi connectivity index (χ2v) is 6.50. The molecule has 7 heteroatoms. The molecule has 1 N–H and O–H groups in total. The standard InChI is InChI=1S/C22H20N4O3/c1-14-11-19-20(25-26(24-19)15-7-5-4-6-8-15)13-18(14)23-22(27)17-10-9-16(28-2)12-21(17)29-3/h4-13H,1-3H3,(H,23,27). The monoisotopic (exact) mass is 388 g/mol. The van der Waals surface area contributed by atoms with E-state index >= 15 is 0 Å². The molecule has 0 atom stereocenters. The number of carbonyl (C=O) groups is 1. The van der Waals surface area contributed by atoms with Crippen LogP contribution < -0.4 is 14.8 Å². The van der Waals surface area contributed by atoms with Gasteiger partial charge in [0.05, 0.1) is 25.5 Å². The second-order valence-electron chi connectivity index (χ2n) is 6.50. The number of nitrogens with zero attached hydrogens (tertiary/aromatic N) is 3. The van der Waals surface area contributed by atoms with Gasteiger partial charge in [-0.1, -0.05) is 18.2 Å². The summed E-state index contributed by atoms with van der Waals surface area (Å²) in [5, 5.41) is 12.0. The Bertz CT molecular complexity index is 1190. The van der Waals surface area contributed by atoms with E-state index in [1.807, 2.05) is 49.4 Å². The Morgan fingerprint density at radius 2 is 1.66 bits per heavy atom. The van der Waals surface area contributed by atoms with Gasteiger partial charge in [0.2, 0.25) is 0 Å². The first kappa shape index (κ1) is 18.5. The number of nitrogens with one attached hydrogen (secondary N) is 1. The van der Waals surface area contributed by atoms with Crippen LogP contribution in [0.25, 0.3) is 16.7 Å². The maximum Gasteiger partial charge on any atom is 0.259 e. The first-order valence-corrected chi connectivity index (χ1v) is 9.05. The normalized spacial score (nSPS) is 10.7. The molecule has 0 aliphatic carbocycles. The lowest BCUT2D eigenvalue weighted by molar-refractivity contribution is 0.102. The summed E-state index contributed by atoms with van der Waals surface area (Å²) in [5.41, 5.74) is 4.29. The van der Waals surface area contributed by atoms with Crippen molar-refractivity contribution < 1.29 is 14.3 Å². The van der Waals surface area contributed by atoms with E-state index in [1.54, 1.807) is 30.1 Å². The largest absolute Gasteiger partial charge is 0.497 e. The fraction of sp³-hybridized carbons (Fsp3) is 0.136. The molecular weight excluding hydrogens is 368 g/mol. The van der Waals surface area contributed by atoms with E-state index in [-0.39, 0.29) is 5.91 Å². The van der Waals surface area contributed by atoms with Crippen molar-refractivity contribution in [3.05, 3.63) is 71.8 Å². The summed E-state index contributed by atoms with van der Waals surface area (Å²) in [6.45, 7) is 1.92. The fourth-order valence-electron chi connectivity index (χ4n) is 3.06. The molecule has 0 aliphatic heterocycles. The van der Waals surface area contributed by atoms with E-state index in [1.165, 1.54) is 7.11 Å². The number of rotatable bonds is 5. The van der Waals surface area contributed by atoms with E-state index in [9.17, 15) is 4.79 Å². The molecule has 4 rings (SSSR count). The zero-order valence-corrected chi connectivity index (χ0v) is 16.3. The molecule has 0 radical (unpaired) electrons. The number of methoxy groups -OCH3 is 2. The summed E-state index contributed by atoms with van der Waals surface area (Å²) < 4.78 is 10.5. The summed E-state index contributed by atoms with van der Waals surface area (Å²) in [5.74, 6) is 0.784. The number of para-hydroxylation sites is 1. The van der Waals surface area contributed by atoms with Crippen molar-refractivity contribution in [2.75, 3.05) is 19.5 Å². The van der Waals surface area contributed by atoms with E-state index in [0.717, 1.165) is 16.8 Å². The Hall–Kier alpha value is -3.87. The second kappa shape index (κ2) is 7.63. The highest BCUT2D eigenvalue weighted by Crippen LogP contribution is 2.27. The van der Waals surface area contributed by atoms with Gasteiger partial charge in [-0.3, -0.25) is 4.79 Å². The number of benzene rings is 3. The minimum absolute atomic E-state index is 0.276. The van der Waals surface area contributed by atoms with Crippen molar-refractivity contribution >= 4 is 22.6 Å². The van der Waals surface area contributed by atoms with Crippen LogP contribution in [0.4, 0.5) is 5.69 Å². The zero-order valence-electron chi connectivity index (χ0n) is 16.3. The van der Waals surface area contributed by atoms with Crippen LogP contribution in [-0.2, 0) is 0 Å². The van der Waals surface area contributed by atoms with E-state index in [0.29, 0.717) is 28.3 Å². The molecule has 4 aromatic rings. The molecule has 7 nitrogen and oxygen atoms in total. The molecular formula is C22H20N4O3. The van der Waals surface area contributed by atoms with Crippen LogP contribution in [0, 0.1) is 6.92 Å². The predicted octanol–water partition coefficient (Wildman–Crippen LogP) is 4.00. The highest BCUT2D eigenvalue weighted by atomic mass is 16.5. The Labute approximate surface area is 167 Å². The van der Waals surface area contributed by atoms with E-state index in [2.05, 4.69) is 15.5 Å². The molecule has 1 aromatic heterocycles. The number of carbonyl (C=O) groups excluding carboxylic acids is 1. The Balaban J connectivity index is 1.66. The number of ether oxygens (including phenoxy) is 2. The van der Waals surface area contributed by atoms with Crippen molar-refractivity contribution in [1.29, 1.82) is 0 Å². The molecule has 0 saturated carbocycles. The van der Waals surface area contributed by atoms with Crippen molar-refractivity contribution in [2.45, 2.75) is 6.92 Å². The van der Waals surface area contributed by atoms with Crippen LogP contribution in [0.2, 0.25) is 0 Å². The molecule has 0 fully saturated rings. The Morgan fingerprint density at radius 3 is 2.34 bits per heavy atom. The molecule has 1 amide bonds. The minimum atomic E-state index is -0.276. The molecule has 29 heavy (non-hydrogen) atoms. The maximum absolute atomic E-state index is 12.8. The molecule has 146 valence electrons. The quantitative estimate of drug-likeness (QED) is 0.559. The molecule has 3 aromatic carbocycles. The number of amides is 1. The van der Waals surface area contributed by atoms with Gasteiger partial charge in [-0.05, 0) is 48.9 Å². The van der Waals surface area contributed by atoms with E-state index in [4.69, 9.17) is 9.47 Å². The average Bonchev–Trinajstić information content (AvgIpc) is 3.16. The van der Waals surface area contributed by atoms with Crippen LogP contribution in [0.1, 0.15) is 15.9 Å². The molecule has 0 aliphatic rings. The van der Waals surface area contributed by atoms with Crippen molar-refractivity contribution in [1.82, 2.24) is 15.0 Å². The molecule has 0 unspecified atom stereocenters. The third-order valence-electron chi connectivity index (χ3n) is 4.62. The molecule has 0 saturated heterocycles. The van der Waals surface area contributed by atoms with Gasteiger partial charge >= 0.3 is 0 Å². The summed E-state index contributed by atoms with van der Waals surface area (Å²) >= 11 is 0. The third kappa shape index (κ3) is 3.62. The number of hydrogen-bond acceptors (Lipinski definition) is 5. The van der Waals surface area contributed by atoms with Gasteiger partial charge in [-0.2, -0.15) is 4.80 Å². The van der Waals surface area contributed by atoms with Gasteiger partial charge in [0.1, 0.15) is 22.5 Å². The third-order valence-corrected chi connectivity index (χ3v) is 4.62. The molecule has 0 bridgehead atoms. The van der Waals surface area contributed by atoms with Crippen LogP contribution in [-0.4, -0.2) is 35.1 Å². The minimum Gasteiger partial charge on any atom is -0.497 e. The predicted molar refractivity (Wildman–Crippen MR) is 111 cm³/mol. The number of anilines is 1. The molecule has 0 spiro atoms. The summed E-state index contributed by atoms with van der Waals surface area (Å²) in [6.07, 6.45) is 0. The number of fused-ring (bicyclic) bond motifs is 1. The SMILES string of the molecule is COc1ccc(C(=O)Nc2cc3nn(-c4ccccc4)nc3cc2C)c(OC)c1. The van der Waals surface area contributed by atoms with Crippen molar-refractivity contribution in [2.24, 2.45) is 0 Å².